The van der Waals surface area contributed by atoms with E-state index in [1.165, 1.54) is 16.6 Å². The first-order valence-corrected chi connectivity index (χ1v) is 7.78. The maximum absolute atomic E-state index is 13.4. The minimum Gasteiger partial charge on any atom is -0.241 e. The van der Waals surface area contributed by atoms with E-state index in [1.807, 2.05) is 0 Å². The van der Waals surface area contributed by atoms with Gasteiger partial charge in [-0.15, -0.1) is 0 Å². The molecule has 1 saturated heterocycles. The first-order valence-electron chi connectivity index (χ1n) is 5.22. The molecule has 94 valence electrons. The molecule has 2 rings (SSSR count). The minimum atomic E-state index is -3.79. The third-order valence-corrected chi connectivity index (χ3v) is 5.49. The SMILES string of the molecule is O=S(=O)(c1ncccc1F)N1CCC(CBr)C1. The fraction of sp³-hybridized carbons (Fsp3) is 0.500. The average molecular weight is 323 g/mol. The highest BCUT2D eigenvalue weighted by atomic mass is 79.9. The highest BCUT2D eigenvalue weighted by molar-refractivity contribution is 9.09. The summed E-state index contributed by atoms with van der Waals surface area (Å²) in [6, 6.07) is 2.48. The van der Waals surface area contributed by atoms with E-state index in [1.54, 1.807) is 0 Å². The number of nitrogens with zero attached hydrogens (tertiary/aromatic N) is 2. The summed E-state index contributed by atoms with van der Waals surface area (Å²) in [5, 5.41) is 0.277. The summed E-state index contributed by atoms with van der Waals surface area (Å²) in [4.78, 5) is 3.63. The van der Waals surface area contributed by atoms with Gasteiger partial charge in [0, 0.05) is 24.6 Å². The molecule has 1 atom stereocenters. The number of sulfonamides is 1. The van der Waals surface area contributed by atoms with E-state index in [4.69, 9.17) is 0 Å². The van der Waals surface area contributed by atoms with Gasteiger partial charge in [0.2, 0.25) is 5.03 Å². The molecule has 0 N–H and O–H groups in total. The molecule has 0 radical (unpaired) electrons. The fourth-order valence-electron chi connectivity index (χ4n) is 1.82. The summed E-state index contributed by atoms with van der Waals surface area (Å²) in [6.45, 7) is 0.845. The molecule has 0 aromatic carbocycles. The van der Waals surface area contributed by atoms with Gasteiger partial charge in [-0.1, -0.05) is 15.9 Å². The van der Waals surface area contributed by atoms with Crippen LogP contribution in [0.4, 0.5) is 4.39 Å². The van der Waals surface area contributed by atoms with Gasteiger partial charge in [0.1, 0.15) is 0 Å². The van der Waals surface area contributed by atoms with Crippen molar-refractivity contribution in [1.29, 1.82) is 0 Å². The van der Waals surface area contributed by atoms with Crippen LogP contribution >= 0.6 is 15.9 Å². The van der Waals surface area contributed by atoms with E-state index >= 15 is 0 Å². The molecule has 17 heavy (non-hydrogen) atoms. The Labute approximate surface area is 108 Å². The Morgan fingerprint density at radius 2 is 2.35 bits per heavy atom. The molecule has 1 aliphatic heterocycles. The zero-order valence-corrected chi connectivity index (χ0v) is 11.4. The summed E-state index contributed by atoms with van der Waals surface area (Å²) in [5.74, 6) is -0.508. The zero-order valence-electron chi connectivity index (χ0n) is 9.01. The molecule has 7 heteroatoms. The summed E-state index contributed by atoms with van der Waals surface area (Å²) in [5.41, 5.74) is 0. The second kappa shape index (κ2) is 4.99. The van der Waals surface area contributed by atoms with Crippen molar-refractivity contribution in [2.45, 2.75) is 11.4 Å². The van der Waals surface area contributed by atoms with Gasteiger partial charge in [0.15, 0.2) is 5.82 Å². The quantitative estimate of drug-likeness (QED) is 0.795. The number of halogens is 2. The lowest BCUT2D eigenvalue weighted by molar-refractivity contribution is 0.454. The largest absolute Gasteiger partial charge is 0.263 e. The number of aromatic nitrogens is 1. The van der Waals surface area contributed by atoms with Crippen molar-refractivity contribution in [2.24, 2.45) is 5.92 Å². The van der Waals surface area contributed by atoms with Crippen LogP contribution in [0.15, 0.2) is 23.4 Å². The lowest BCUT2D eigenvalue weighted by atomic mass is 10.2. The first kappa shape index (κ1) is 12.9. The van der Waals surface area contributed by atoms with Gasteiger partial charge in [-0.05, 0) is 24.5 Å². The van der Waals surface area contributed by atoms with Crippen LogP contribution in [0.3, 0.4) is 0 Å². The Kier molecular flexibility index (Phi) is 3.79. The van der Waals surface area contributed by atoms with Crippen molar-refractivity contribution < 1.29 is 12.8 Å². The lowest BCUT2D eigenvalue weighted by Crippen LogP contribution is -2.30. The van der Waals surface area contributed by atoms with Gasteiger partial charge in [-0.2, -0.15) is 4.31 Å². The molecule has 1 aromatic rings. The molecule has 1 fully saturated rings. The van der Waals surface area contributed by atoms with Gasteiger partial charge in [0.05, 0.1) is 0 Å². The van der Waals surface area contributed by atoms with E-state index in [2.05, 4.69) is 20.9 Å². The fourth-order valence-corrected chi connectivity index (χ4v) is 3.86. The van der Waals surface area contributed by atoms with E-state index in [9.17, 15) is 12.8 Å². The van der Waals surface area contributed by atoms with Crippen molar-refractivity contribution in [3.63, 3.8) is 0 Å². The van der Waals surface area contributed by atoms with Gasteiger partial charge in [-0.25, -0.2) is 17.8 Å². The number of hydrogen-bond acceptors (Lipinski definition) is 3. The van der Waals surface area contributed by atoms with Gasteiger partial charge in [0.25, 0.3) is 10.0 Å². The highest BCUT2D eigenvalue weighted by Gasteiger charge is 2.34. The minimum absolute atomic E-state index is 0.288. The summed E-state index contributed by atoms with van der Waals surface area (Å²) in [6.07, 6.45) is 2.08. The van der Waals surface area contributed by atoms with Crippen LogP contribution in [0.25, 0.3) is 0 Å². The first-order chi connectivity index (χ1) is 8.05. The van der Waals surface area contributed by atoms with Crippen molar-refractivity contribution >= 4 is 26.0 Å². The van der Waals surface area contributed by atoms with Gasteiger partial charge < -0.3 is 0 Å². The number of alkyl halides is 1. The Hall–Kier alpha value is -0.530. The summed E-state index contributed by atoms with van der Waals surface area (Å²) >= 11 is 3.33. The Bertz CT molecular complexity index is 509. The lowest BCUT2D eigenvalue weighted by Gasteiger charge is -2.15. The topological polar surface area (TPSA) is 50.3 Å². The van der Waals surface area contributed by atoms with Crippen LogP contribution in [0.2, 0.25) is 0 Å². The number of rotatable bonds is 3. The molecule has 1 aromatic heterocycles. The highest BCUT2D eigenvalue weighted by Crippen LogP contribution is 2.25. The van der Waals surface area contributed by atoms with Crippen molar-refractivity contribution in [2.75, 3.05) is 18.4 Å². The van der Waals surface area contributed by atoms with Gasteiger partial charge >= 0.3 is 0 Å². The van der Waals surface area contributed by atoms with Crippen LogP contribution in [0.1, 0.15) is 6.42 Å². The Balaban J connectivity index is 2.29. The molecular formula is C10H12BrFN2O2S. The molecule has 2 heterocycles. The molecule has 1 unspecified atom stereocenters. The maximum Gasteiger partial charge on any atom is 0.263 e. The van der Waals surface area contributed by atoms with Gasteiger partial charge in [-0.3, -0.25) is 0 Å². The van der Waals surface area contributed by atoms with E-state index in [-0.39, 0.29) is 5.92 Å². The smallest absolute Gasteiger partial charge is 0.241 e. The molecule has 0 bridgehead atoms. The zero-order chi connectivity index (χ0) is 12.5. The standard InChI is InChI=1S/C10H12BrFN2O2S/c11-6-8-3-5-14(7-8)17(15,16)10-9(12)2-1-4-13-10/h1-2,4,8H,3,5-7H2. The van der Waals surface area contributed by atoms with Crippen LogP contribution in [0, 0.1) is 11.7 Å². The average Bonchev–Trinajstić information content (AvgIpc) is 2.78. The normalized spacial score (nSPS) is 21.9. The van der Waals surface area contributed by atoms with Crippen LogP contribution in [0.5, 0.6) is 0 Å². The van der Waals surface area contributed by atoms with E-state index < -0.39 is 20.9 Å². The Morgan fingerprint density at radius 1 is 1.59 bits per heavy atom. The monoisotopic (exact) mass is 322 g/mol. The van der Waals surface area contributed by atoms with Crippen LogP contribution in [-0.2, 0) is 10.0 Å². The molecule has 4 nitrogen and oxygen atoms in total. The van der Waals surface area contributed by atoms with E-state index in [0.29, 0.717) is 13.1 Å². The van der Waals surface area contributed by atoms with Crippen molar-refractivity contribution in [1.82, 2.24) is 9.29 Å². The van der Waals surface area contributed by atoms with Crippen molar-refractivity contribution in [3.05, 3.63) is 24.1 Å². The Morgan fingerprint density at radius 3 is 2.94 bits per heavy atom. The third-order valence-electron chi connectivity index (χ3n) is 2.78. The number of pyridine rings is 1. The van der Waals surface area contributed by atoms with Crippen LogP contribution < -0.4 is 0 Å². The molecule has 0 spiro atoms. The number of hydrogen-bond donors (Lipinski definition) is 0. The third kappa shape index (κ3) is 2.51. The molecule has 0 amide bonds. The van der Waals surface area contributed by atoms with Crippen molar-refractivity contribution in [3.8, 4) is 0 Å². The second-order valence-electron chi connectivity index (χ2n) is 3.96. The predicted molar refractivity (Wildman–Crippen MR) is 64.9 cm³/mol. The maximum atomic E-state index is 13.4. The molecule has 0 aliphatic carbocycles. The van der Waals surface area contributed by atoms with Crippen LogP contribution in [-0.4, -0.2) is 36.1 Å². The molecule has 0 saturated carbocycles. The second-order valence-corrected chi connectivity index (χ2v) is 6.46. The molecule has 1 aliphatic rings. The van der Waals surface area contributed by atoms with E-state index in [0.717, 1.165) is 17.8 Å². The summed E-state index contributed by atoms with van der Waals surface area (Å²) in [7, 11) is -3.79. The molecular weight excluding hydrogens is 311 g/mol. The predicted octanol–water partition coefficient (Wildman–Crippen LogP) is 1.63. The summed E-state index contributed by atoms with van der Waals surface area (Å²) < 4.78 is 39.0.